The maximum atomic E-state index is 12.8. The second-order valence-corrected chi connectivity index (χ2v) is 11.7. The van der Waals surface area contributed by atoms with Crippen LogP contribution in [0.4, 0.5) is 0 Å². The van der Waals surface area contributed by atoms with Crippen LogP contribution in [0.25, 0.3) is 11.0 Å². The minimum absolute atomic E-state index is 0.0800. The summed E-state index contributed by atoms with van der Waals surface area (Å²) in [7, 11) is -0.597. The lowest BCUT2D eigenvalue weighted by atomic mass is 9.91. The van der Waals surface area contributed by atoms with Gasteiger partial charge in [-0.25, -0.2) is 17.7 Å². The number of aryl methyl sites for hydroxylation is 2. The highest BCUT2D eigenvalue weighted by Crippen LogP contribution is 2.24. The van der Waals surface area contributed by atoms with Crippen LogP contribution in [-0.4, -0.2) is 72.3 Å². The molecule has 3 rings (SSSR count). The number of fused-ring (bicyclic) bond motifs is 1. The Morgan fingerprint density at radius 1 is 1.21 bits per heavy atom. The molecule has 0 spiro atoms. The molecule has 0 aliphatic carbocycles. The first kappa shape index (κ1) is 26.2. The van der Waals surface area contributed by atoms with Crippen molar-refractivity contribution in [3.8, 4) is 0 Å². The first-order valence-corrected chi connectivity index (χ1v) is 13.3. The van der Waals surface area contributed by atoms with Crippen LogP contribution in [0.1, 0.15) is 46.4 Å². The van der Waals surface area contributed by atoms with Crippen LogP contribution in [0.5, 0.6) is 0 Å². The number of aromatic nitrogens is 2. The normalized spacial score (nSPS) is 20.0. The van der Waals surface area contributed by atoms with Crippen molar-refractivity contribution in [2.75, 3.05) is 27.2 Å². The van der Waals surface area contributed by atoms with Gasteiger partial charge in [-0.1, -0.05) is 13.8 Å². The van der Waals surface area contributed by atoms with Crippen LogP contribution in [0.3, 0.4) is 0 Å². The van der Waals surface area contributed by atoms with Crippen LogP contribution in [0, 0.1) is 11.8 Å². The number of ether oxygens (including phenoxy) is 1. The minimum Gasteiger partial charge on any atom is -0.453 e. The molecule has 9 nitrogen and oxygen atoms in total. The van der Waals surface area contributed by atoms with Gasteiger partial charge in [-0.15, -0.1) is 0 Å². The van der Waals surface area contributed by atoms with Gasteiger partial charge in [0.1, 0.15) is 5.82 Å². The zero-order valence-electron chi connectivity index (χ0n) is 20.9. The molecule has 0 saturated carbocycles. The van der Waals surface area contributed by atoms with E-state index in [0.29, 0.717) is 49.2 Å². The molecule has 0 N–H and O–H groups in total. The highest BCUT2D eigenvalue weighted by atomic mass is 32.2. The maximum Gasteiger partial charge on any atom is 0.307 e. The zero-order valence-corrected chi connectivity index (χ0v) is 21.8. The molecule has 2 aromatic rings. The smallest absolute Gasteiger partial charge is 0.307 e. The van der Waals surface area contributed by atoms with Crippen molar-refractivity contribution in [2.24, 2.45) is 11.8 Å². The summed E-state index contributed by atoms with van der Waals surface area (Å²) in [6.07, 6.45) is 0.680. The SMILES string of the molecule is CCn1c(CCC(=O)O[C@H](C)C(=O)N2C[C@H](C)C[C@@H](C)C2)nc2cc(S(=O)(=O)N(C)C)ccc21. The van der Waals surface area contributed by atoms with E-state index in [0.717, 1.165) is 16.2 Å². The van der Waals surface area contributed by atoms with E-state index < -0.39 is 22.1 Å². The van der Waals surface area contributed by atoms with Crippen molar-refractivity contribution in [3.63, 3.8) is 0 Å². The second kappa shape index (κ2) is 10.4. The number of rotatable bonds is 8. The average molecular weight is 493 g/mol. The van der Waals surface area contributed by atoms with E-state index in [1.54, 1.807) is 30.0 Å². The number of carbonyl (C=O) groups excluding carboxylic acids is 2. The van der Waals surface area contributed by atoms with E-state index in [4.69, 9.17) is 4.74 Å². The number of imidazole rings is 1. The summed E-state index contributed by atoms with van der Waals surface area (Å²) in [4.78, 5) is 31.8. The van der Waals surface area contributed by atoms with E-state index >= 15 is 0 Å². The fourth-order valence-electron chi connectivity index (χ4n) is 4.69. The van der Waals surface area contributed by atoms with Crippen molar-refractivity contribution >= 4 is 32.9 Å². The summed E-state index contributed by atoms with van der Waals surface area (Å²) in [5.74, 6) is 0.940. The van der Waals surface area contributed by atoms with Gasteiger partial charge in [-0.3, -0.25) is 9.59 Å². The van der Waals surface area contributed by atoms with Gasteiger partial charge in [-0.05, 0) is 50.3 Å². The molecule has 0 bridgehead atoms. The Labute approximate surface area is 202 Å². The van der Waals surface area contributed by atoms with Gasteiger partial charge >= 0.3 is 5.97 Å². The summed E-state index contributed by atoms with van der Waals surface area (Å²) in [6.45, 7) is 9.86. The van der Waals surface area contributed by atoms with Gasteiger partial charge in [0.25, 0.3) is 5.91 Å². The third kappa shape index (κ3) is 5.60. The molecule has 1 aromatic heterocycles. The summed E-state index contributed by atoms with van der Waals surface area (Å²) >= 11 is 0. The predicted octanol–water partition coefficient (Wildman–Crippen LogP) is 2.68. The first-order chi connectivity index (χ1) is 15.9. The van der Waals surface area contributed by atoms with Crippen molar-refractivity contribution < 1.29 is 22.7 Å². The highest BCUT2D eigenvalue weighted by molar-refractivity contribution is 7.89. The molecule has 1 fully saturated rings. The van der Waals surface area contributed by atoms with Crippen LogP contribution in [0.15, 0.2) is 23.1 Å². The van der Waals surface area contributed by atoms with Crippen LogP contribution < -0.4 is 0 Å². The maximum absolute atomic E-state index is 12.8. The van der Waals surface area contributed by atoms with E-state index in [-0.39, 0.29) is 17.2 Å². The van der Waals surface area contributed by atoms with Gasteiger partial charge in [0.15, 0.2) is 6.10 Å². The van der Waals surface area contributed by atoms with Crippen molar-refractivity contribution in [3.05, 3.63) is 24.0 Å². The zero-order chi connectivity index (χ0) is 25.2. The molecule has 0 unspecified atom stereocenters. The molecule has 188 valence electrons. The van der Waals surface area contributed by atoms with Gasteiger partial charge < -0.3 is 14.2 Å². The monoisotopic (exact) mass is 492 g/mol. The number of sulfonamides is 1. The summed E-state index contributed by atoms with van der Waals surface area (Å²) in [6, 6.07) is 4.87. The standard InChI is InChI=1S/C24H36N4O5S/c1-7-28-21-9-8-19(34(31,32)26(5)6)13-20(21)25-22(28)10-11-23(29)33-18(4)24(30)27-14-16(2)12-17(3)15-27/h8-9,13,16-18H,7,10-12,14-15H2,1-6H3/t16-,17-,18-/m1/s1. The van der Waals surface area contributed by atoms with E-state index in [2.05, 4.69) is 18.8 Å². The van der Waals surface area contributed by atoms with Crippen molar-refractivity contribution in [1.29, 1.82) is 0 Å². The molecule has 1 aromatic carbocycles. The second-order valence-electron chi connectivity index (χ2n) is 9.53. The van der Waals surface area contributed by atoms with E-state index in [1.165, 1.54) is 14.1 Å². The van der Waals surface area contributed by atoms with Crippen LogP contribution in [-0.2, 0) is 37.3 Å². The van der Waals surface area contributed by atoms with Gasteiger partial charge in [0, 0.05) is 40.2 Å². The molecule has 0 radical (unpaired) electrons. The van der Waals surface area contributed by atoms with E-state index in [1.807, 2.05) is 11.5 Å². The first-order valence-electron chi connectivity index (χ1n) is 11.8. The minimum atomic E-state index is -3.57. The summed E-state index contributed by atoms with van der Waals surface area (Å²) < 4.78 is 33.5. The van der Waals surface area contributed by atoms with Crippen LogP contribution >= 0.6 is 0 Å². The molecule has 1 amide bonds. The molecule has 3 atom stereocenters. The Morgan fingerprint density at radius 2 is 1.85 bits per heavy atom. The average Bonchev–Trinajstić information content (AvgIpc) is 3.12. The molecular formula is C24H36N4O5S. The molecule has 10 heteroatoms. The molecule has 34 heavy (non-hydrogen) atoms. The third-order valence-electron chi connectivity index (χ3n) is 6.28. The number of hydrogen-bond acceptors (Lipinski definition) is 6. The lowest BCUT2D eigenvalue weighted by Gasteiger charge is -2.36. The quantitative estimate of drug-likeness (QED) is 0.525. The predicted molar refractivity (Wildman–Crippen MR) is 130 cm³/mol. The van der Waals surface area contributed by atoms with Crippen molar-refractivity contribution in [1.82, 2.24) is 18.8 Å². The number of likely N-dealkylation sites (tertiary alicyclic amines) is 1. The van der Waals surface area contributed by atoms with Crippen LogP contribution in [0.2, 0.25) is 0 Å². The lowest BCUT2D eigenvalue weighted by molar-refractivity contribution is -0.160. The fraction of sp³-hybridized carbons (Fsp3) is 0.625. The summed E-state index contributed by atoms with van der Waals surface area (Å²) in [5.41, 5.74) is 1.37. The lowest BCUT2D eigenvalue weighted by Crippen LogP contribution is -2.47. The molecular weight excluding hydrogens is 456 g/mol. The van der Waals surface area contributed by atoms with Gasteiger partial charge in [-0.2, -0.15) is 0 Å². The Hall–Kier alpha value is -2.46. The molecule has 1 aliphatic heterocycles. The third-order valence-corrected chi connectivity index (χ3v) is 8.09. The molecule has 1 aliphatic rings. The Morgan fingerprint density at radius 3 is 2.44 bits per heavy atom. The number of hydrogen-bond donors (Lipinski definition) is 0. The molecule has 2 heterocycles. The topological polar surface area (TPSA) is 102 Å². The number of piperidine rings is 1. The molecule has 1 saturated heterocycles. The number of nitrogens with zero attached hydrogens (tertiary/aromatic N) is 4. The van der Waals surface area contributed by atoms with E-state index in [9.17, 15) is 18.0 Å². The Balaban J connectivity index is 1.67. The largest absolute Gasteiger partial charge is 0.453 e. The number of carbonyl (C=O) groups is 2. The fourth-order valence-corrected chi connectivity index (χ4v) is 5.62. The number of benzene rings is 1. The summed E-state index contributed by atoms with van der Waals surface area (Å²) in [5, 5.41) is 0. The van der Waals surface area contributed by atoms with Crippen molar-refractivity contribution in [2.45, 2.75) is 64.5 Å². The number of amides is 1. The van der Waals surface area contributed by atoms with Gasteiger partial charge in [0.2, 0.25) is 10.0 Å². The van der Waals surface area contributed by atoms with Gasteiger partial charge in [0.05, 0.1) is 22.3 Å². The highest BCUT2D eigenvalue weighted by Gasteiger charge is 2.30. The Kier molecular flexibility index (Phi) is 8.02. The Bertz CT molecular complexity index is 1150. The number of esters is 1.